The number of carbonyl (C=O) groups excluding carboxylic acids is 1. The second-order valence-electron chi connectivity index (χ2n) is 3.47. The third-order valence-corrected chi connectivity index (χ3v) is 2.84. The van der Waals surface area contributed by atoms with Gasteiger partial charge in [0, 0.05) is 7.05 Å². The summed E-state index contributed by atoms with van der Waals surface area (Å²) >= 11 is 0. The molecule has 0 spiro atoms. The fraction of sp³-hybridized carbons (Fsp3) is 0.778. The average Bonchev–Trinajstić information content (AvgIpc) is 2.48. The molecule has 1 aliphatic heterocycles. The first kappa shape index (κ1) is 10.0. The molecule has 0 unspecified atom stereocenters. The van der Waals surface area contributed by atoms with E-state index in [1.165, 1.54) is 0 Å². The van der Waals surface area contributed by atoms with E-state index < -0.39 is 5.54 Å². The van der Waals surface area contributed by atoms with Crippen LogP contribution in [-0.2, 0) is 4.79 Å². The molecule has 1 heterocycles. The zero-order chi connectivity index (χ0) is 9.90. The van der Waals surface area contributed by atoms with E-state index in [4.69, 9.17) is 5.26 Å². The summed E-state index contributed by atoms with van der Waals surface area (Å²) in [5.74, 6) is -0.0333. The molecule has 0 bridgehead atoms. The summed E-state index contributed by atoms with van der Waals surface area (Å²) in [5, 5.41) is 11.3. The first-order chi connectivity index (χ1) is 6.17. The molecular weight excluding hydrogens is 166 g/mol. The van der Waals surface area contributed by atoms with E-state index in [9.17, 15) is 4.79 Å². The van der Waals surface area contributed by atoms with Crippen LogP contribution in [-0.4, -0.2) is 37.0 Å². The highest BCUT2D eigenvalue weighted by Gasteiger charge is 2.44. The largest absolute Gasteiger partial charge is 0.358 e. The predicted octanol–water partition coefficient (Wildman–Crippen LogP) is 0.110. The molecule has 4 nitrogen and oxygen atoms in total. The van der Waals surface area contributed by atoms with Gasteiger partial charge in [0.25, 0.3) is 0 Å². The highest BCUT2D eigenvalue weighted by Crippen LogP contribution is 2.30. The van der Waals surface area contributed by atoms with Gasteiger partial charge in [-0.15, -0.1) is 0 Å². The molecule has 0 aromatic heterocycles. The summed E-state index contributed by atoms with van der Waals surface area (Å²) in [7, 11) is 3.52. The Labute approximate surface area is 78.5 Å². The summed E-state index contributed by atoms with van der Waals surface area (Å²) in [6.45, 7) is 0.898. The fourth-order valence-corrected chi connectivity index (χ4v) is 1.97. The van der Waals surface area contributed by atoms with Gasteiger partial charge in [0.15, 0.2) is 0 Å². The minimum Gasteiger partial charge on any atom is -0.358 e. The molecule has 1 aliphatic rings. The van der Waals surface area contributed by atoms with Crippen molar-refractivity contribution in [3.8, 4) is 6.07 Å². The Hall–Kier alpha value is -1.08. The summed E-state index contributed by atoms with van der Waals surface area (Å²) in [6.07, 6.45) is 2.06. The van der Waals surface area contributed by atoms with Crippen LogP contribution in [0, 0.1) is 11.3 Å². The van der Waals surface area contributed by atoms with Crippen molar-refractivity contribution < 1.29 is 4.79 Å². The number of hydrogen-bond donors (Lipinski definition) is 1. The molecule has 72 valence electrons. The zero-order valence-corrected chi connectivity index (χ0v) is 8.13. The van der Waals surface area contributed by atoms with Gasteiger partial charge in [-0.05, 0) is 26.4 Å². The van der Waals surface area contributed by atoms with E-state index in [0.717, 1.165) is 19.4 Å². The molecule has 1 amide bonds. The summed E-state index contributed by atoms with van der Waals surface area (Å²) in [4.78, 5) is 13.6. The Morgan fingerprint density at radius 2 is 2.46 bits per heavy atom. The Balaban J connectivity index is 2.87. The van der Waals surface area contributed by atoms with Crippen molar-refractivity contribution in [3.63, 3.8) is 0 Å². The van der Waals surface area contributed by atoms with Gasteiger partial charge < -0.3 is 5.32 Å². The minimum atomic E-state index is -0.566. The number of nitrogens with one attached hydrogen (secondary N) is 1. The second kappa shape index (κ2) is 3.75. The van der Waals surface area contributed by atoms with Crippen molar-refractivity contribution in [1.29, 1.82) is 5.26 Å². The lowest BCUT2D eigenvalue weighted by Gasteiger charge is -2.31. The van der Waals surface area contributed by atoms with Crippen LogP contribution in [0.2, 0.25) is 0 Å². The van der Waals surface area contributed by atoms with Gasteiger partial charge >= 0.3 is 0 Å². The molecule has 1 N–H and O–H groups in total. The number of likely N-dealkylation sites (tertiary alicyclic amines) is 1. The third-order valence-electron chi connectivity index (χ3n) is 2.84. The molecule has 1 fully saturated rings. The van der Waals surface area contributed by atoms with Crippen LogP contribution in [0.1, 0.15) is 19.3 Å². The van der Waals surface area contributed by atoms with Gasteiger partial charge in [-0.25, -0.2) is 0 Å². The molecule has 1 rings (SSSR count). The lowest BCUT2D eigenvalue weighted by atomic mass is 9.92. The molecule has 1 saturated heterocycles. The molecule has 0 aromatic carbocycles. The summed E-state index contributed by atoms with van der Waals surface area (Å²) < 4.78 is 0. The molecule has 0 saturated carbocycles. The summed E-state index contributed by atoms with van der Waals surface area (Å²) in [6, 6.07) is 2.09. The topological polar surface area (TPSA) is 56.1 Å². The number of hydrogen-bond acceptors (Lipinski definition) is 3. The number of nitrogens with zero attached hydrogens (tertiary/aromatic N) is 2. The van der Waals surface area contributed by atoms with Crippen LogP contribution in [0.5, 0.6) is 0 Å². The van der Waals surface area contributed by atoms with E-state index in [2.05, 4.69) is 11.4 Å². The van der Waals surface area contributed by atoms with Gasteiger partial charge in [0.05, 0.1) is 12.5 Å². The molecule has 1 atom stereocenters. The van der Waals surface area contributed by atoms with Gasteiger partial charge in [-0.2, -0.15) is 5.26 Å². The van der Waals surface area contributed by atoms with Gasteiger partial charge in [-0.3, -0.25) is 9.69 Å². The van der Waals surface area contributed by atoms with Gasteiger partial charge in [0.1, 0.15) is 5.54 Å². The van der Waals surface area contributed by atoms with Crippen LogP contribution >= 0.6 is 0 Å². The Morgan fingerprint density at radius 3 is 2.85 bits per heavy atom. The fourth-order valence-electron chi connectivity index (χ4n) is 1.97. The minimum absolute atomic E-state index is 0.0333. The van der Waals surface area contributed by atoms with Crippen molar-refractivity contribution in [1.82, 2.24) is 10.2 Å². The van der Waals surface area contributed by atoms with Crippen molar-refractivity contribution in [3.05, 3.63) is 0 Å². The van der Waals surface area contributed by atoms with E-state index >= 15 is 0 Å². The van der Waals surface area contributed by atoms with E-state index in [1.54, 1.807) is 7.05 Å². The Kier molecular flexibility index (Phi) is 2.89. The quantitative estimate of drug-likeness (QED) is 0.658. The Morgan fingerprint density at radius 1 is 1.77 bits per heavy atom. The highest BCUT2D eigenvalue weighted by molar-refractivity contribution is 5.86. The smallest absolute Gasteiger partial charge is 0.241 e. The maximum absolute atomic E-state index is 11.6. The molecule has 0 aromatic rings. The van der Waals surface area contributed by atoms with Crippen LogP contribution in [0.4, 0.5) is 0 Å². The number of nitriles is 1. The molecular formula is C9H15N3O. The average molecular weight is 181 g/mol. The maximum Gasteiger partial charge on any atom is 0.241 e. The van der Waals surface area contributed by atoms with Crippen molar-refractivity contribution in [2.24, 2.45) is 0 Å². The normalized spacial score (nSPS) is 28.4. The Bertz CT molecular complexity index is 246. The molecule has 4 heteroatoms. The first-order valence-electron chi connectivity index (χ1n) is 4.48. The number of amides is 1. The molecule has 13 heavy (non-hydrogen) atoms. The lowest BCUT2D eigenvalue weighted by molar-refractivity contribution is -0.130. The van der Waals surface area contributed by atoms with E-state index in [0.29, 0.717) is 0 Å². The molecule has 0 radical (unpaired) electrons. The monoisotopic (exact) mass is 181 g/mol. The first-order valence-corrected chi connectivity index (χ1v) is 4.48. The van der Waals surface area contributed by atoms with Crippen molar-refractivity contribution in [2.75, 3.05) is 20.6 Å². The van der Waals surface area contributed by atoms with Gasteiger partial charge in [0.2, 0.25) is 5.91 Å². The lowest BCUT2D eigenvalue weighted by Crippen LogP contribution is -2.53. The van der Waals surface area contributed by atoms with Crippen LogP contribution < -0.4 is 5.32 Å². The molecule has 0 aliphatic carbocycles. The third kappa shape index (κ3) is 1.52. The highest BCUT2D eigenvalue weighted by atomic mass is 16.2. The second-order valence-corrected chi connectivity index (χ2v) is 3.47. The van der Waals surface area contributed by atoms with Crippen molar-refractivity contribution >= 4 is 5.91 Å². The van der Waals surface area contributed by atoms with E-state index in [-0.39, 0.29) is 12.3 Å². The number of likely N-dealkylation sites (N-methyl/N-ethyl adjacent to an activating group) is 2. The van der Waals surface area contributed by atoms with Crippen molar-refractivity contribution in [2.45, 2.75) is 24.8 Å². The SMILES string of the molecule is CNC(=O)[C@]1(CC#N)CCCN1C. The number of rotatable bonds is 2. The predicted molar refractivity (Wildman–Crippen MR) is 48.9 cm³/mol. The maximum atomic E-state index is 11.6. The van der Waals surface area contributed by atoms with Crippen LogP contribution in [0.3, 0.4) is 0 Å². The summed E-state index contributed by atoms with van der Waals surface area (Å²) in [5.41, 5.74) is -0.566. The standard InChI is InChI=1S/C9H15N3O/c1-11-8(13)9(5-6-10)4-3-7-12(9)2/h3-5,7H2,1-2H3,(H,11,13)/t9-/m1/s1. The van der Waals surface area contributed by atoms with Gasteiger partial charge in [-0.1, -0.05) is 0 Å². The van der Waals surface area contributed by atoms with Crippen LogP contribution in [0.25, 0.3) is 0 Å². The zero-order valence-electron chi connectivity index (χ0n) is 8.13. The van der Waals surface area contributed by atoms with Crippen LogP contribution in [0.15, 0.2) is 0 Å². The van der Waals surface area contributed by atoms with E-state index in [1.807, 2.05) is 11.9 Å². The number of carbonyl (C=O) groups is 1.